The molecule has 5 nitrogen and oxygen atoms in total. The van der Waals surface area contributed by atoms with Crippen LogP contribution in [0.15, 0.2) is 36.7 Å². The minimum Gasteiger partial charge on any atom is -0.493 e. The van der Waals surface area contributed by atoms with Crippen LogP contribution >= 0.6 is 0 Å². The summed E-state index contributed by atoms with van der Waals surface area (Å²) >= 11 is 0. The molecule has 0 aromatic carbocycles. The van der Waals surface area contributed by atoms with E-state index < -0.39 is 12.1 Å². The zero-order chi connectivity index (χ0) is 21.1. The van der Waals surface area contributed by atoms with Crippen LogP contribution in [0.25, 0.3) is 5.65 Å². The SMILES string of the molecule is CCOc1cc2nc(C34CC(C)(C3)C4)cn2cc1CC(=O)c1cccc(C(F)F)n1. The van der Waals surface area contributed by atoms with Gasteiger partial charge < -0.3 is 9.14 Å². The molecule has 156 valence electrons. The lowest BCUT2D eigenvalue weighted by Gasteiger charge is -2.69. The average Bonchev–Trinajstić information content (AvgIpc) is 3.07. The second kappa shape index (κ2) is 6.59. The monoisotopic (exact) mass is 411 g/mol. The van der Waals surface area contributed by atoms with Gasteiger partial charge in [-0.2, -0.15) is 0 Å². The van der Waals surface area contributed by atoms with Gasteiger partial charge in [-0.3, -0.25) is 4.79 Å². The van der Waals surface area contributed by atoms with Gasteiger partial charge in [-0.1, -0.05) is 13.0 Å². The number of carbonyl (C=O) groups excluding carboxylic acids is 1. The molecule has 3 saturated carbocycles. The Morgan fingerprint density at radius 2 is 2.00 bits per heavy atom. The van der Waals surface area contributed by atoms with E-state index in [1.165, 1.54) is 37.5 Å². The highest BCUT2D eigenvalue weighted by Crippen LogP contribution is 2.73. The molecule has 0 radical (unpaired) electrons. The molecule has 3 aliphatic carbocycles. The number of pyridine rings is 2. The lowest BCUT2D eigenvalue weighted by molar-refractivity contribution is -0.127. The van der Waals surface area contributed by atoms with Crippen molar-refractivity contribution >= 4 is 11.4 Å². The van der Waals surface area contributed by atoms with Crippen molar-refractivity contribution in [3.05, 3.63) is 59.3 Å². The number of alkyl halides is 2. The van der Waals surface area contributed by atoms with Crippen molar-refractivity contribution in [1.82, 2.24) is 14.4 Å². The van der Waals surface area contributed by atoms with Gasteiger partial charge in [-0.25, -0.2) is 18.7 Å². The van der Waals surface area contributed by atoms with Gasteiger partial charge in [0.1, 0.15) is 22.8 Å². The molecule has 2 bridgehead atoms. The second-order valence-electron chi connectivity index (χ2n) is 8.96. The van der Waals surface area contributed by atoms with Gasteiger partial charge >= 0.3 is 0 Å². The third kappa shape index (κ3) is 2.99. The van der Waals surface area contributed by atoms with E-state index in [1.54, 1.807) is 0 Å². The minimum absolute atomic E-state index is 0.0156. The standard InChI is InChI=1S/C23H23F2N3O2/c1-3-30-18-8-20-27-19(23-11-22(2,12-23)13-23)10-28(20)9-14(18)7-17(29)15-5-4-6-16(26-15)21(24)25/h4-6,8-10,21H,3,7,11-13H2,1-2H3. The first-order valence-electron chi connectivity index (χ1n) is 10.2. The molecule has 0 saturated heterocycles. The molecule has 3 fully saturated rings. The summed E-state index contributed by atoms with van der Waals surface area (Å²) in [6.45, 7) is 4.65. The number of nitrogens with zero attached hydrogens (tertiary/aromatic N) is 3. The summed E-state index contributed by atoms with van der Waals surface area (Å²) in [6.07, 6.45) is 4.75. The number of imidazole rings is 1. The van der Waals surface area contributed by atoms with E-state index in [1.807, 2.05) is 29.8 Å². The Labute approximate surface area is 173 Å². The number of ether oxygens (including phenoxy) is 1. The molecule has 0 spiro atoms. The van der Waals surface area contributed by atoms with E-state index in [0.29, 0.717) is 23.3 Å². The van der Waals surface area contributed by atoms with E-state index >= 15 is 0 Å². The molecule has 0 amide bonds. The van der Waals surface area contributed by atoms with Crippen LogP contribution in [-0.2, 0) is 11.8 Å². The van der Waals surface area contributed by atoms with Gasteiger partial charge in [0.2, 0.25) is 0 Å². The average molecular weight is 411 g/mol. The quantitative estimate of drug-likeness (QED) is 0.517. The summed E-state index contributed by atoms with van der Waals surface area (Å²) < 4.78 is 33.6. The number of Topliss-reactive ketones (excluding diaryl/α,β-unsaturated/α-hetero) is 1. The van der Waals surface area contributed by atoms with Gasteiger partial charge in [-0.15, -0.1) is 0 Å². The number of aromatic nitrogens is 3. The fourth-order valence-electron chi connectivity index (χ4n) is 5.30. The van der Waals surface area contributed by atoms with Gasteiger partial charge in [0.25, 0.3) is 6.43 Å². The van der Waals surface area contributed by atoms with Crippen LogP contribution in [-0.4, -0.2) is 26.8 Å². The van der Waals surface area contributed by atoms with E-state index in [2.05, 4.69) is 11.9 Å². The number of rotatable bonds is 7. The lowest BCUT2D eigenvalue weighted by atomic mass is 9.35. The van der Waals surface area contributed by atoms with Crippen LogP contribution in [0.4, 0.5) is 8.78 Å². The number of hydrogen-bond donors (Lipinski definition) is 0. The number of halogens is 2. The van der Waals surface area contributed by atoms with Crippen LogP contribution in [0, 0.1) is 5.41 Å². The van der Waals surface area contributed by atoms with Crippen LogP contribution in [0.2, 0.25) is 0 Å². The predicted octanol–water partition coefficient (Wildman–Crippen LogP) is 4.93. The van der Waals surface area contributed by atoms with Crippen molar-refractivity contribution in [3.63, 3.8) is 0 Å². The van der Waals surface area contributed by atoms with Crippen LogP contribution in [0.5, 0.6) is 5.75 Å². The zero-order valence-electron chi connectivity index (χ0n) is 17.0. The maximum atomic E-state index is 12.9. The predicted molar refractivity (Wildman–Crippen MR) is 107 cm³/mol. The molecule has 3 aromatic heterocycles. The fourth-order valence-corrected chi connectivity index (χ4v) is 5.30. The largest absolute Gasteiger partial charge is 0.493 e. The Kier molecular flexibility index (Phi) is 4.21. The van der Waals surface area contributed by atoms with Gasteiger partial charge in [-0.05, 0) is 43.7 Å². The Bertz CT molecular complexity index is 1130. The van der Waals surface area contributed by atoms with Crippen molar-refractivity contribution in [2.24, 2.45) is 5.41 Å². The summed E-state index contributed by atoms with van der Waals surface area (Å²) in [5.74, 6) is 0.260. The maximum Gasteiger partial charge on any atom is 0.280 e. The Balaban J connectivity index is 1.46. The van der Waals surface area contributed by atoms with Crippen LogP contribution in [0.1, 0.15) is 67.0 Å². The van der Waals surface area contributed by atoms with E-state index in [9.17, 15) is 13.6 Å². The molecule has 3 aromatic rings. The summed E-state index contributed by atoms with van der Waals surface area (Å²) in [7, 11) is 0. The fraction of sp³-hybridized carbons (Fsp3) is 0.435. The molecular weight excluding hydrogens is 388 g/mol. The molecule has 7 heteroatoms. The summed E-state index contributed by atoms with van der Waals surface area (Å²) in [6, 6.07) is 5.97. The summed E-state index contributed by atoms with van der Waals surface area (Å²) in [4.78, 5) is 21.4. The highest BCUT2D eigenvalue weighted by Gasteiger charge is 2.66. The Morgan fingerprint density at radius 1 is 1.23 bits per heavy atom. The molecule has 3 aliphatic rings. The molecule has 6 rings (SSSR count). The first kappa shape index (κ1) is 19.2. The van der Waals surface area contributed by atoms with E-state index in [0.717, 1.165) is 11.3 Å². The Morgan fingerprint density at radius 3 is 2.67 bits per heavy atom. The van der Waals surface area contributed by atoms with Crippen LogP contribution in [0.3, 0.4) is 0 Å². The highest BCUT2D eigenvalue weighted by molar-refractivity contribution is 5.96. The van der Waals surface area contributed by atoms with Gasteiger partial charge in [0.05, 0.1) is 12.3 Å². The maximum absolute atomic E-state index is 12.9. The zero-order valence-corrected chi connectivity index (χ0v) is 17.0. The number of carbonyl (C=O) groups is 1. The molecule has 0 atom stereocenters. The molecule has 30 heavy (non-hydrogen) atoms. The molecule has 3 heterocycles. The van der Waals surface area contributed by atoms with Gasteiger partial charge in [0.15, 0.2) is 5.78 Å². The van der Waals surface area contributed by atoms with Crippen molar-refractivity contribution in [2.75, 3.05) is 6.61 Å². The van der Waals surface area contributed by atoms with Crippen molar-refractivity contribution in [1.29, 1.82) is 0 Å². The second-order valence-corrected chi connectivity index (χ2v) is 8.96. The normalized spacial score (nSPS) is 24.6. The highest BCUT2D eigenvalue weighted by atomic mass is 19.3. The van der Waals surface area contributed by atoms with Crippen molar-refractivity contribution in [3.8, 4) is 5.75 Å². The molecule has 0 unspecified atom stereocenters. The summed E-state index contributed by atoms with van der Waals surface area (Å²) in [5, 5.41) is 0. The first-order chi connectivity index (χ1) is 14.3. The number of hydrogen-bond acceptors (Lipinski definition) is 4. The Hall–Kier alpha value is -2.83. The molecular formula is C23H23F2N3O2. The number of fused-ring (bicyclic) bond motifs is 1. The number of ketones is 1. The van der Waals surface area contributed by atoms with Gasteiger partial charge in [0, 0.05) is 35.9 Å². The van der Waals surface area contributed by atoms with E-state index in [-0.39, 0.29) is 23.3 Å². The third-order valence-electron chi connectivity index (χ3n) is 6.40. The molecule has 0 N–H and O–H groups in total. The topological polar surface area (TPSA) is 56.5 Å². The van der Waals surface area contributed by atoms with E-state index in [4.69, 9.17) is 9.72 Å². The molecule has 0 aliphatic heterocycles. The minimum atomic E-state index is -2.71. The van der Waals surface area contributed by atoms with Crippen LogP contribution < -0.4 is 4.74 Å². The smallest absolute Gasteiger partial charge is 0.280 e. The lowest BCUT2D eigenvalue weighted by Crippen LogP contribution is -2.63. The van der Waals surface area contributed by atoms with Crippen molar-refractivity contribution in [2.45, 2.75) is 51.4 Å². The summed E-state index contributed by atoms with van der Waals surface area (Å²) in [5.41, 5.74) is 2.91. The van der Waals surface area contributed by atoms with Crippen molar-refractivity contribution < 1.29 is 18.3 Å². The first-order valence-corrected chi connectivity index (χ1v) is 10.2. The third-order valence-corrected chi connectivity index (χ3v) is 6.40.